The molecule has 0 amide bonds. The number of methoxy groups -OCH3 is 1. The third kappa shape index (κ3) is 3.31. The summed E-state index contributed by atoms with van der Waals surface area (Å²) in [4.78, 5) is 10.7. The van der Waals surface area contributed by atoms with E-state index < -0.39 is 0 Å². The molecular formula is C16H18N2O3. The topological polar surface area (TPSA) is 64.4 Å². The number of ether oxygens (including phenoxy) is 1. The largest absolute Gasteiger partial charge is 0.496 e. The number of rotatable bonds is 6. The molecule has 1 N–H and O–H groups in total. The van der Waals surface area contributed by atoms with Crippen LogP contribution in [0.2, 0.25) is 0 Å². The van der Waals surface area contributed by atoms with E-state index in [4.69, 9.17) is 4.74 Å². The molecule has 2 aromatic carbocycles. The molecule has 2 aromatic rings. The molecule has 0 aliphatic carbocycles. The Labute approximate surface area is 123 Å². The van der Waals surface area contributed by atoms with Gasteiger partial charge in [0.05, 0.1) is 18.1 Å². The maximum absolute atomic E-state index is 11.1. The molecule has 5 nitrogen and oxygen atoms in total. The van der Waals surface area contributed by atoms with Gasteiger partial charge in [0.1, 0.15) is 11.4 Å². The molecule has 0 aromatic heterocycles. The first-order chi connectivity index (χ1) is 10.2. The molecule has 0 fully saturated rings. The van der Waals surface area contributed by atoms with Crippen molar-refractivity contribution in [3.8, 4) is 5.75 Å². The van der Waals surface area contributed by atoms with Crippen molar-refractivity contribution in [1.82, 2.24) is 0 Å². The van der Waals surface area contributed by atoms with E-state index >= 15 is 0 Å². The number of nitro benzene ring substituents is 1. The molecule has 0 heterocycles. The van der Waals surface area contributed by atoms with Gasteiger partial charge in [0.25, 0.3) is 5.69 Å². The molecular weight excluding hydrogens is 268 g/mol. The normalized spacial score (nSPS) is 11.7. The highest BCUT2D eigenvalue weighted by Gasteiger charge is 2.18. The monoisotopic (exact) mass is 286 g/mol. The summed E-state index contributed by atoms with van der Waals surface area (Å²) in [5.74, 6) is 0.774. The molecule has 0 radical (unpaired) electrons. The lowest BCUT2D eigenvalue weighted by Gasteiger charge is -2.20. The first kappa shape index (κ1) is 14.8. The predicted molar refractivity (Wildman–Crippen MR) is 82.7 cm³/mol. The van der Waals surface area contributed by atoms with E-state index in [-0.39, 0.29) is 16.7 Å². The van der Waals surface area contributed by atoms with Crippen molar-refractivity contribution >= 4 is 11.4 Å². The maximum atomic E-state index is 11.1. The van der Waals surface area contributed by atoms with Gasteiger partial charge < -0.3 is 10.1 Å². The quantitative estimate of drug-likeness (QED) is 0.639. The highest BCUT2D eigenvalue weighted by Crippen LogP contribution is 2.33. The summed E-state index contributed by atoms with van der Waals surface area (Å²) < 4.78 is 5.37. The van der Waals surface area contributed by atoms with Crippen molar-refractivity contribution in [2.75, 3.05) is 12.4 Å². The highest BCUT2D eigenvalue weighted by atomic mass is 16.6. The third-order valence-electron chi connectivity index (χ3n) is 3.35. The summed E-state index contributed by atoms with van der Waals surface area (Å²) >= 11 is 0. The van der Waals surface area contributed by atoms with Gasteiger partial charge in [-0.25, -0.2) is 0 Å². The van der Waals surface area contributed by atoms with Crippen molar-refractivity contribution in [1.29, 1.82) is 0 Å². The Morgan fingerprint density at radius 1 is 1.19 bits per heavy atom. The Hall–Kier alpha value is -2.56. The van der Waals surface area contributed by atoms with Gasteiger partial charge in [-0.15, -0.1) is 0 Å². The lowest BCUT2D eigenvalue weighted by molar-refractivity contribution is -0.384. The Morgan fingerprint density at radius 3 is 2.52 bits per heavy atom. The van der Waals surface area contributed by atoms with Crippen LogP contribution in [0.4, 0.5) is 11.4 Å². The molecule has 1 unspecified atom stereocenters. The van der Waals surface area contributed by atoms with Crippen LogP contribution >= 0.6 is 0 Å². The van der Waals surface area contributed by atoms with Gasteiger partial charge in [0, 0.05) is 11.6 Å². The Kier molecular flexibility index (Phi) is 4.77. The van der Waals surface area contributed by atoms with E-state index in [1.54, 1.807) is 25.3 Å². The van der Waals surface area contributed by atoms with Crippen molar-refractivity contribution in [3.05, 3.63) is 64.2 Å². The molecule has 21 heavy (non-hydrogen) atoms. The molecule has 110 valence electrons. The lowest BCUT2D eigenvalue weighted by atomic mass is 10.0. The third-order valence-corrected chi connectivity index (χ3v) is 3.35. The van der Waals surface area contributed by atoms with E-state index in [2.05, 4.69) is 5.32 Å². The molecule has 0 saturated carbocycles. The predicted octanol–water partition coefficient (Wildman–Crippen LogP) is 4.17. The second kappa shape index (κ2) is 6.74. The fourth-order valence-electron chi connectivity index (χ4n) is 2.30. The van der Waals surface area contributed by atoms with Gasteiger partial charge in [-0.2, -0.15) is 0 Å². The van der Waals surface area contributed by atoms with Gasteiger partial charge in [-0.3, -0.25) is 10.1 Å². The Bertz CT molecular complexity index is 628. The number of hydrogen-bond donors (Lipinski definition) is 1. The van der Waals surface area contributed by atoms with Crippen LogP contribution in [0, 0.1) is 10.1 Å². The van der Waals surface area contributed by atoms with E-state index in [0.29, 0.717) is 5.69 Å². The molecule has 1 atom stereocenters. The molecule has 0 aliphatic rings. The number of nitrogens with one attached hydrogen (secondary N) is 1. The van der Waals surface area contributed by atoms with Crippen molar-refractivity contribution in [2.45, 2.75) is 19.4 Å². The van der Waals surface area contributed by atoms with Crippen molar-refractivity contribution < 1.29 is 9.66 Å². The minimum atomic E-state index is -0.378. The number of hydrogen-bond acceptors (Lipinski definition) is 4. The van der Waals surface area contributed by atoms with E-state index in [1.807, 2.05) is 31.2 Å². The fourth-order valence-corrected chi connectivity index (χ4v) is 2.30. The van der Waals surface area contributed by atoms with Gasteiger partial charge in [0.15, 0.2) is 0 Å². The summed E-state index contributed by atoms with van der Waals surface area (Å²) in [5.41, 5.74) is 1.58. The van der Waals surface area contributed by atoms with Crippen molar-refractivity contribution in [2.24, 2.45) is 0 Å². The van der Waals surface area contributed by atoms with E-state index in [0.717, 1.165) is 17.7 Å². The lowest BCUT2D eigenvalue weighted by Crippen LogP contribution is -2.12. The molecule has 2 rings (SSSR count). The molecule has 0 bridgehead atoms. The van der Waals surface area contributed by atoms with Gasteiger partial charge in [-0.05, 0) is 18.6 Å². The highest BCUT2D eigenvalue weighted by molar-refractivity contribution is 5.62. The van der Waals surface area contributed by atoms with Crippen LogP contribution in [0.5, 0.6) is 5.75 Å². The zero-order valence-corrected chi connectivity index (χ0v) is 12.1. The summed E-state index contributed by atoms with van der Waals surface area (Å²) in [7, 11) is 1.62. The van der Waals surface area contributed by atoms with Gasteiger partial charge in [-0.1, -0.05) is 37.3 Å². The van der Waals surface area contributed by atoms with E-state index in [9.17, 15) is 10.1 Å². The molecule has 0 spiro atoms. The smallest absolute Gasteiger partial charge is 0.292 e. The molecule has 5 heteroatoms. The van der Waals surface area contributed by atoms with Crippen LogP contribution in [0.1, 0.15) is 24.9 Å². The SMILES string of the molecule is CCC(Nc1ccccc1[N+](=O)[O-])c1ccccc1OC. The minimum Gasteiger partial charge on any atom is -0.496 e. The first-order valence-electron chi connectivity index (χ1n) is 6.80. The Balaban J connectivity index is 2.34. The summed E-state index contributed by atoms with van der Waals surface area (Å²) in [5, 5.41) is 14.3. The first-order valence-corrected chi connectivity index (χ1v) is 6.80. The van der Waals surface area contributed by atoms with Crippen LogP contribution in [0.25, 0.3) is 0 Å². The summed E-state index contributed by atoms with van der Waals surface area (Å²) in [6.07, 6.45) is 0.784. The summed E-state index contributed by atoms with van der Waals surface area (Å²) in [6.45, 7) is 2.03. The molecule has 0 saturated heterocycles. The van der Waals surface area contributed by atoms with Gasteiger partial charge >= 0.3 is 0 Å². The second-order valence-corrected chi connectivity index (χ2v) is 4.62. The summed E-state index contributed by atoms with van der Waals surface area (Å²) in [6, 6.07) is 14.3. The Morgan fingerprint density at radius 2 is 1.86 bits per heavy atom. The average molecular weight is 286 g/mol. The standard InChI is InChI=1S/C16H18N2O3/c1-3-13(12-8-4-7-11-16(12)21-2)17-14-9-5-6-10-15(14)18(19)20/h4-11,13,17H,3H2,1-2H3. The fraction of sp³-hybridized carbons (Fsp3) is 0.250. The second-order valence-electron chi connectivity index (χ2n) is 4.62. The number of nitro groups is 1. The van der Waals surface area contributed by atoms with Crippen LogP contribution < -0.4 is 10.1 Å². The van der Waals surface area contributed by atoms with E-state index in [1.165, 1.54) is 6.07 Å². The molecule has 0 aliphatic heterocycles. The van der Waals surface area contributed by atoms with Crippen molar-refractivity contribution in [3.63, 3.8) is 0 Å². The zero-order chi connectivity index (χ0) is 15.2. The number of para-hydroxylation sites is 3. The number of anilines is 1. The average Bonchev–Trinajstić information content (AvgIpc) is 2.52. The number of nitrogens with zero attached hydrogens (tertiary/aromatic N) is 1. The van der Waals surface area contributed by atoms with Crippen LogP contribution in [0.15, 0.2) is 48.5 Å². The maximum Gasteiger partial charge on any atom is 0.292 e. The zero-order valence-electron chi connectivity index (χ0n) is 12.1. The van der Waals surface area contributed by atoms with Crippen LogP contribution in [-0.4, -0.2) is 12.0 Å². The van der Waals surface area contributed by atoms with Crippen LogP contribution in [0.3, 0.4) is 0 Å². The minimum absolute atomic E-state index is 0.0535. The number of benzene rings is 2. The van der Waals surface area contributed by atoms with Crippen LogP contribution in [-0.2, 0) is 0 Å². The van der Waals surface area contributed by atoms with Gasteiger partial charge in [0.2, 0.25) is 0 Å².